The smallest absolute Gasteiger partial charge is 0.191 e. The van der Waals surface area contributed by atoms with Crippen molar-refractivity contribution >= 4 is 29.9 Å². The number of aliphatic hydroxyl groups excluding tert-OH is 1. The third kappa shape index (κ3) is 7.20. The quantitative estimate of drug-likeness (QED) is 0.295. The fraction of sp³-hybridized carbons (Fsp3) is 0.381. The number of ether oxygens (including phenoxy) is 2. The lowest BCUT2D eigenvalue weighted by Crippen LogP contribution is -2.39. The Morgan fingerprint density at radius 3 is 2.29 bits per heavy atom. The zero-order valence-corrected chi connectivity index (χ0v) is 19.2. The number of methoxy groups -OCH3 is 2. The van der Waals surface area contributed by atoms with E-state index in [9.17, 15) is 5.11 Å². The maximum Gasteiger partial charge on any atom is 0.191 e. The molecule has 1 unspecified atom stereocenters. The van der Waals surface area contributed by atoms with Gasteiger partial charge in [0.05, 0.1) is 26.9 Å². The lowest BCUT2D eigenvalue weighted by molar-refractivity contribution is 0.180. The number of nitrogens with one attached hydrogen (secondary N) is 2. The molecule has 0 spiro atoms. The summed E-state index contributed by atoms with van der Waals surface area (Å²) in [6.07, 6.45) is -0.726. The monoisotopic (exact) mass is 499 g/mol. The van der Waals surface area contributed by atoms with Gasteiger partial charge < -0.3 is 25.2 Å². The second kappa shape index (κ2) is 12.5. The highest BCUT2D eigenvalue weighted by Gasteiger charge is 2.12. The maximum absolute atomic E-state index is 10.6. The molecule has 0 saturated carbocycles. The molecular weight excluding hydrogens is 469 g/mol. The third-order valence-electron chi connectivity index (χ3n) is 4.23. The van der Waals surface area contributed by atoms with Crippen LogP contribution in [0.5, 0.6) is 11.5 Å². The zero-order valence-electron chi connectivity index (χ0n) is 16.9. The van der Waals surface area contributed by atoms with Crippen molar-refractivity contribution in [2.24, 2.45) is 4.99 Å². The van der Waals surface area contributed by atoms with E-state index >= 15 is 0 Å². The predicted molar refractivity (Wildman–Crippen MR) is 124 cm³/mol. The van der Waals surface area contributed by atoms with Gasteiger partial charge in [0.1, 0.15) is 11.5 Å². The van der Waals surface area contributed by atoms with Gasteiger partial charge in [-0.15, -0.1) is 24.0 Å². The van der Waals surface area contributed by atoms with Crippen molar-refractivity contribution in [3.8, 4) is 11.5 Å². The van der Waals surface area contributed by atoms with E-state index in [1.165, 1.54) is 11.1 Å². The van der Waals surface area contributed by atoms with Crippen LogP contribution in [0.4, 0.5) is 0 Å². The molecule has 0 amide bonds. The molecule has 6 nitrogen and oxygen atoms in total. The van der Waals surface area contributed by atoms with Crippen LogP contribution < -0.4 is 20.1 Å². The lowest BCUT2D eigenvalue weighted by Gasteiger charge is -2.17. The van der Waals surface area contributed by atoms with Gasteiger partial charge in [0.2, 0.25) is 0 Å². The fourth-order valence-corrected chi connectivity index (χ4v) is 2.63. The van der Waals surface area contributed by atoms with Crippen LogP contribution in [0.3, 0.4) is 0 Å². The maximum atomic E-state index is 10.6. The predicted octanol–water partition coefficient (Wildman–Crippen LogP) is 3.42. The summed E-state index contributed by atoms with van der Waals surface area (Å²) in [5, 5.41) is 16.9. The Bertz CT molecular complexity index is 746. The summed E-state index contributed by atoms with van der Waals surface area (Å²) in [5.41, 5.74) is 3.10. The van der Waals surface area contributed by atoms with Gasteiger partial charge in [0.15, 0.2) is 5.96 Å². The number of hydrogen-bond donors (Lipinski definition) is 3. The zero-order chi connectivity index (χ0) is 19.6. The lowest BCUT2D eigenvalue weighted by atomic mass is 10.1. The average Bonchev–Trinajstić information content (AvgIpc) is 2.70. The largest absolute Gasteiger partial charge is 0.497 e. The van der Waals surface area contributed by atoms with Crippen molar-refractivity contribution in [3.63, 3.8) is 0 Å². The van der Waals surface area contributed by atoms with Crippen LogP contribution in [-0.2, 0) is 6.54 Å². The highest BCUT2D eigenvalue weighted by atomic mass is 127. The Labute approximate surface area is 184 Å². The fourth-order valence-electron chi connectivity index (χ4n) is 2.63. The van der Waals surface area contributed by atoms with Gasteiger partial charge in [-0.1, -0.05) is 24.3 Å². The first-order valence-corrected chi connectivity index (χ1v) is 9.05. The van der Waals surface area contributed by atoms with Crippen LogP contribution >= 0.6 is 24.0 Å². The molecule has 0 bridgehead atoms. The number of halogens is 1. The summed E-state index contributed by atoms with van der Waals surface area (Å²) in [7, 11) is 3.18. The SMILES string of the molecule is CCNC(=NCc1ccccc1C)NCC(O)c1cc(OC)cc(OC)c1.I. The first-order valence-electron chi connectivity index (χ1n) is 9.05. The molecule has 0 fully saturated rings. The second-order valence-electron chi connectivity index (χ2n) is 6.16. The number of aliphatic imine (C=N–C) groups is 1. The molecule has 0 aliphatic rings. The van der Waals surface area contributed by atoms with Crippen molar-refractivity contribution in [1.82, 2.24) is 10.6 Å². The molecule has 0 saturated heterocycles. The van der Waals surface area contributed by atoms with E-state index in [2.05, 4.69) is 34.7 Å². The van der Waals surface area contributed by atoms with Gasteiger partial charge in [-0.3, -0.25) is 0 Å². The average molecular weight is 499 g/mol. The molecule has 154 valence electrons. The topological polar surface area (TPSA) is 75.1 Å². The number of aliphatic hydroxyl groups is 1. The van der Waals surface area contributed by atoms with E-state index in [-0.39, 0.29) is 24.0 Å². The summed E-state index contributed by atoms with van der Waals surface area (Å²) in [6.45, 7) is 5.71. The standard InChI is InChI=1S/C21H29N3O3.HI/c1-5-22-21(23-13-16-9-7-6-8-15(16)2)24-14-20(25)17-10-18(26-3)12-19(11-17)27-4;/h6-12,20,25H,5,13-14H2,1-4H3,(H2,22,23,24);1H. The highest BCUT2D eigenvalue weighted by molar-refractivity contribution is 14.0. The summed E-state index contributed by atoms with van der Waals surface area (Å²) in [5.74, 6) is 1.95. The van der Waals surface area contributed by atoms with Crippen molar-refractivity contribution in [2.75, 3.05) is 27.3 Å². The van der Waals surface area contributed by atoms with E-state index in [0.29, 0.717) is 36.1 Å². The van der Waals surface area contributed by atoms with Crippen molar-refractivity contribution in [1.29, 1.82) is 0 Å². The molecule has 0 heterocycles. The summed E-state index contributed by atoms with van der Waals surface area (Å²) < 4.78 is 10.5. The first-order chi connectivity index (χ1) is 13.1. The Hall–Kier alpha value is -2.00. The molecule has 1 atom stereocenters. The molecule has 0 aromatic heterocycles. The van der Waals surface area contributed by atoms with E-state index < -0.39 is 6.10 Å². The first kappa shape index (κ1) is 24.0. The molecule has 0 aliphatic carbocycles. The minimum absolute atomic E-state index is 0. The van der Waals surface area contributed by atoms with E-state index in [1.54, 1.807) is 32.4 Å². The molecular formula is C21H30IN3O3. The Morgan fingerprint density at radius 2 is 1.71 bits per heavy atom. The van der Waals surface area contributed by atoms with Crippen LogP contribution in [-0.4, -0.2) is 38.4 Å². The molecule has 7 heteroatoms. The van der Waals surface area contributed by atoms with Gasteiger partial charge in [-0.2, -0.15) is 0 Å². The molecule has 0 radical (unpaired) electrons. The van der Waals surface area contributed by atoms with E-state index in [1.807, 2.05) is 19.1 Å². The minimum Gasteiger partial charge on any atom is -0.497 e. The number of guanidine groups is 1. The van der Waals surface area contributed by atoms with Crippen LogP contribution in [0.2, 0.25) is 0 Å². The third-order valence-corrected chi connectivity index (χ3v) is 4.23. The van der Waals surface area contributed by atoms with Gasteiger partial charge in [0, 0.05) is 19.2 Å². The molecule has 0 aliphatic heterocycles. The molecule has 3 N–H and O–H groups in total. The normalized spacial score (nSPS) is 12.0. The van der Waals surface area contributed by atoms with Gasteiger partial charge >= 0.3 is 0 Å². The van der Waals surface area contributed by atoms with Crippen molar-refractivity contribution < 1.29 is 14.6 Å². The second-order valence-corrected chi connectivity index (χ2v) is 6.16. The van der Waals surface area contributed by atoms with Crippen molar-refractivity contribution in [3.05, 3.63) is 59.2 Å². The van der Waals surface area contributed by atoms with Gasteiger partial charge in [-0.05, 0) is 42.7 Å². The van der Waals surface area contributed by atoms with Crippen LogP contribution in [0.25, 0.3) is 0 Å². The molecule has 2 rings (SSSR count). The van der Waals surface area contributed by atoms with Crippen LogP contribution in [0, 0.1) is 6.92 Å². The highest BCUT2D eigenvalue weighted by Crippen LogP contribution is 2.26. The number of aryl methyl sites for hydroxylation is 1. The Kier molecular flexibility index (Phi) is 10.7. The molecule has 28 heavy (non-hydrogen) atoms. The number of benzene rings is 2. The van der Waals surface area contributed by atoms with Gasteiger partial charge in [-0.25, -0.2) is 4.99 Å². The number of rotatable bonds is 8. The Balaban J connectivity index is 0.00000392. The summed E-state index contributed by atoms with van der Waals surface area (Å²) >= 11 is 0. The van der Waals surface area contributed by atoms with Crippen LogP contribution in [0.15, 0.2) is 47.5 Å². The van der Waals surface area contributed by atoms with Crippen molar-refractivity contribution in [2.45, 2.75) is 26.5 Å². The summed E-state index contributed by atoms with van der Waals surface area (Å²) in [4.78, 5) is 4.61. The van der Waals surface area contributed by atoms with E-state index in [4.69, 9.17) is 9.47 Å². The molecule has 2 aromatic rings. The number of nitrogens with zero attached hydrogens (tertiary/aromatic N) is 1. The minimum atomic E-state index is -0.726. The molecule has 2 aromatic carbocycles. The number of hydrogen-bond acceptors (Lipinski definition) is 4. The Morgan fingerprint density at radius 1 is 1.07 bits per heavy atom. The van der Waals surface area contributed by atoms with E-state index in [0.717, 1.165) is 6.54 Å². The van der Waals surface area contributed by atoms with Gasteiger partial charge in [0.25, 0.3) is 0 Å². The van der Waals surface area contributed by atoms with Crippen LogP contribution in [0.1, 0.15) is 29.7 Å². The summed E-state index contributed by atoms with van der Waals surface area (Å²) in [6, 6.07) is 13.5.